The first kappa shape index (κ1) is 19.4. The fraction of sp³-hybridized carbons (Fsp3) is 0.773. The van der Waals surface area contributed by atoms with Crippen molar-refractivity contribution in [1.29, 1.82) is 0 Å². The van der Waals surface area contributed by atoms with Crippen molar-refractivity contribution < 1.29 is 9.90 Å². The zero-order chi connectivity index (χ0) is 20.4. The summed E-state index contributed by atoms with van der Waals surface area (Å²) in [6, 6.07) is 0.329. The van der Waals surface area contributed by atoms with Crippen LogP contribution in [0.2, 0.25) is 5.02 Å². The lowest BCUT2D eigenvalue weighted by Crippen LogP contribution is -2.61. The molecule has 5 saturated carbocycles. The number of hydrogen-bond acceptors (Lipinski definition) is 4. The molecule has 0 aliphatic heterocycles. The van der Waals surface area contributed by atoms with Gasteiger partial charge in [0.25, 0.3) is 5.56 Å². The Morgan fingerprint density at radius 1 is 1.21 bits per heavy atom. The average Bonchev–Trinajstić information content (AvgIpc) is 2.66. The second-order valence-corrected chi connectivity index (χ2v) is 10.8. The van der Waals surface area contributed by atoms with E-state index >= 15 is 0 Å². The van der Waals surface area contributed by atoms with Crippen LogP contribution in [0, 0.1) is 23.2 Å². The van der Waals surface area contributed by atoms with Gasteiger partial charge in [0, 0.05) is 6.04 Å². The maximum Gasteiger partial charge on any atom is 0.309 e. The molecule has 0 amide bonds. The van der Waals surface area contributed by atoms with Gasteiger partial charge in [-0.25, -0.2) is 4.68 Å². The van der Waals surface area contributed by atoms with Crippen LogP contribution in [0.5, 0.6) is 0 Å². The van der Waals surface area contributed by atoms with Crippen molar-refractivity contribution in [2.75, 3.05) is 5.32 Å². The lowest BCUT2D eigenvalue weighted by molar-refractivity contribution is -0.173. The Balaban J connectivity index is 1.45. The molecule has 5 aliphatic carbocycles. The van der Waals surface area contributed by atoms with Gasteiger partial charge in [0.05, 0.1) is 22.8 Å². The first-order valence-electron chi connectivity index (χ1n) is 11.1. The molecule has 29 heavy (non-hydrogen) atoms. The van der Waals surface area contributed by atoms with Gasteiger partial charge in [-0.1, -0.05) is 18.5 Å². The Morgan fingerprint density at radius 2 is 1.86 bits per heavy atom. The Morgan fingerprint density at radius 3 is 2.48 bits per heavy atom. The Hall–Kier alpha value is -1.56. The van der Waals surface area contributed by atoms with Crippen molar-refractivity contribution in [3.05, 3.63) is 21.6 Å². The van der Waals surface area contributed by atoms with Crippen molar-refractivity contribution in [3.8, 4) is 0 Å². The summed E-state index contributed by atoms with van der Waals surface area (Å²) in [6.45, 7) is 2.28. The monoisotopic (exact) mass is 419 g/mol. The molecule has 1 aromatic heterocycles. The number of aromatic nitrogens is 2. The fourth-order valence-corrected chi connectivity index (χ4v) is 7.39. The number of hydrogen-bond donors (Lipinski definition) is 2. The van der Waals surface area contributed by atoms with Gasteiger partial charge in [0.15, 0.2) is 0 Å². The van der Waals surface area contributed by atoms with Gasteiger partial charge in [-0.3, -0.25) is 9.59 Å². The molecular formula is C22H30ClN3O3. The molecule has 5 fully saturated rings. The summed E-state index contributed by atoms with van der Waals surface area (Å²) in [5.41, 5.74) is -0.858. The minimum absolute atomic E-state index is 0.193. The number of carbonyl (C=O) groups is 1. The molecule has 4 bridgehead atoms. The molecule has 0 spiro atoms. The van der Waals surface area contributed by atoms with E-state index in [9.17, 15) is 14.7 Å². The van der Waals surface area contributed by atoms with Crippen LogP contribution in [0.4, 0.5) is 5.69 Å². The van der Waals surface area contributed by atoms with Crippen molar-refractivity contribution in [1.82, 2.24) is 9.78 Å². The molecule has 7 heteroatoms. The lowest BCUT2D eigenvalue weighted by Gasteiger charge is -2.60. The number of nitrogens with one attached hydrogen (secondary N) is 1. The van der Waals surface area contributed by atoms with E-state index in [1.807, 2.05) is 0 Å². The highest BCUT2D eigenvalue weighted by molar-refractivity contribution is 6.32. The number of rotatable bonds is 4. The first-order chi connectivity index (χ1) is 13.8. The fourth-order valence-electron chi connectivity index (χ4n) is 7.21. The zero-order valence-electron chi connectivity index (χ0n) is 17.0. The molecule has 2 unspecified atom stereocenters. The Labute approximate surface area is 176 Å². The summed E-state index contributed by atoms with van der Waals surface area (Å²) in [7, 11) is 0. The number of nitrogens with zero attached hydrogens (tertiary/aromatic N) is 2. The number of anilines is 1. The van der Waals surface area contributed by atoms with Gasteiger partial charge in [-0.05, 0) is 82.0 Å². The normalized spacial score (nSPS) is 40.8. The smallest absolute Gasteiger partial charge is 0.309 e. The summed E-state index contributed by atoms with van der Waals surface area (Å²) in [6.07, 6.45) is 11.0. The molecule has 2 N–H and O–H groups in total. The van der Waals surface area contributed by atoms with E-state index in [1.165, 1.54) is 12.8 Å². The molecule has 4 atom stereocenters. The number of aliphatic carboxylic acids is 1. The number of carboxylic acids is 1. The SMILES string of the molecule is CC1CCC(Nc2cnn(C34C[C@@H]5C[C@@H](CC(C(=O)O)(C5)C3)C4)c(=O)c2Cl)CC1. The molecule has 6 nitrogen and oxygen atoms in total. The Bertz CT molecular complexity index is 876. The molecule has 0 radical (unpaired) electrons. The Kier molecular flexibility index (Phi) is 4.50. The summed E-state index contributed by atoms with van der Waals surface area (Å²) >= 11 is 6.53. The van der Waals surface area contributed by atoms with Gasteiger partial charge in [0.1, 0.15) is 5.02 Å². The van der Waals surface area contributed by atoms with Crippen LogP contribution >= 0.6 is 11.6 Å². The second-order valence-electron chi connectivity index (χ2n) is 10.5. The lowest BCUT2D eigenvalue weighted by atomic mass is 9.47. The van der Waals surface area contributed by atoms with Crippen LogP contribution in [0.1, 0.15) is 71.1 Å². The van der Waals surface area contributed by atoms with Crippen LogP contribution < -0.4 is 10.9 Å². The molecule has 1 aromatic rings. The van der Waals surface area contributed by atoms with Crippen molar-refractivity contribution in [2.24, 2.45) is 23.2 Å². The second kappa shape index (κ2) is 6.73. The maximum atomic E-state index is 13.3. The number of carboxylic acid groups (broad SMARTS) is 1. The predicted molar refractivity (Wildman–Crippen MR) is 111 cm³/mol. The van der Waals surface area contributed by atoms with Gasteiger partial charge in [0.2, 0.25) is 0 Å². The van der Waals surface area contributed by atoms with E-state index in [0.717, 1.165) is 50.9 Å². The van der Waals surface area contributed by atoms with E-state index in [4.69, 9.17) is 11.6 Å². The molecular weight excluding hydrogens is 390 g/mol. The highest BCUT2D eigenvalue weighted by Crippen LogP contribution is 2.63. The van der Waals surface area contributed by atoms with Crippen LogP contribution in [0.25, 0.3) is 0 Å². The van der Waals surface area contributed by atoms with E-state index in [2.05, 4.69) is 17.3 Å². The quantitative estimate of drug-likeness (QED) is 0.761. The van der Waals surface area contributed by atoms with Crippen molar-refractivity contribution in [2.45, 2.75) is 82.7 Å². The first-order valence-corrected chi connectivity index (χ1v) is 11.5. The van der Waals surface area contributed by atoms with Crippen LogP contribution in [0.3, 0.4) is 0 Å². The third-order valence-electron chi connectivity index (χ3n) is 8.23. The zero-order valence-corrected chi connectivity index (χ0v) is 17.7. The minimum Gasteiger partial charge on any atom is -0.481 e. The van der Waals surface area contributed by atoms with Gasteiger partial charge in [-0.15, -0.1) is 0 Å². The highest BCUT2D eigenvalue weighted by Gasteiger charge is 2.62. The van der Waals surface area contributed by atoms with Gasteiger partial charge in [-0.2, -0.15) is 5.10 Å². The number of halogens is 1. The molecule has 0 saturated heterocycles. The van der Waals surface area contributed by atoms with Crippen molar-refractivity contribution >= 4 is 23.3 Å². The van der Waals surface area contributed by atoms with E-state index in [0.29, 0.717) is 30.0 Å². The van der Waals surface area contributed by atoms with E-state index in [-0.39, 0.29) is 10.6 Å². The molecule has 5 aliphatic rings. The largest absolute Gasteiger partial charge is 0.481 e. The summed E-state index contributed by atoms with van der Waals surface area (Å²) in [5.74, 6) is 0.774. The summed E-state index contributed by atoms with van der Waals surface area (Å²) in [4.78, 5) is 25.4. The van der Waals surface area contributed by atoms with Crippen LogP contribution in [-0.2, 0) is 10.3 Å². The standard InChI is InChI=1S/C22H30ClN3O3/c1-13-2-4-16(5-3-13)25-17-11-24-26(19(27)18(17)23)22-9-14-6-15(10-22)8-21(7-14,12-22)20(28)29/h11,13-16,25H,2-10,12H2,1H3,(H,28,29)/t13?,14-,15+,16?,21?,22?. The maximum absolute atomic E-state index is 13.3. The highest BCUT2D eigenvalue weighted by atomic mass is 35.5. The molecule has 0 aromatic carbocycles. The van der Waals surface area contributed by atoms with Gasteiger partial charge >= 0.3 is 5.97 Å². The third kappa shape index (κ3) is 3.09. The van der Waals surface area contributed by atoms with E-state index in [1.54, 1.807) is 10.9 Å². The van der Waals surface area contributed by atoms with Crippen molar-refractivity contribution in [3.63, 3.8) is 0 Å². The van der Waals surface area contributed by atoms with E-state index < -0.39 is 16.9 Å². The van der Waals surface area contributed by atoms with Crippen LogP contribution in [-0.4, -0.2) is 26.9 Å². The summed E-state index contributed by atoms with van der Waals surface area (Å²) < 4.78 is 1.55. The summed E-state index contributed by atoms with van der Waals surface area (Å²) in [5, 5.41) is 18.2. The third-order valence-corrected chi connectivity index (χ3v) is 8.59. The topological polar surface area (TPSA) is 84.2 Å². The molecule has 1 heterocycles. The minimum atomic E-state index is -0.708. The van der Waals surface area contributed by atoms with Gasteiger partial charge < -0.3 is 10.4 Å². The van der Waals surface area contributed by atoms with Crippen LogP contribution in [0.15, 0.2) is 11.0 Å². The molecule has 6 rings (SSSR count). The average molecular weight is 420 g/mol. The predicted octanol–water partition coefficient (Wildman–Crippen LogP) is 4.27. The molecule has 158 valence electrons.